The molecule has 0 fully saturated rings. The van der Waals surface area contributed by atoms with Crippen LogP contribution in [0.25, 0.3) is 11.0 Å². The molecule has 0 aliphatic carbocycles. The Kier molecular flexibility index (Phi) is 4.28. The van der Waals surface area contributed by atoms with Crippen LogP contribution in [0.3, 0.4) is 0 Å². The summed E-state index contributed by atoms with van der Waals surface area (Å²) in [6, 6.07) is 11.4. The molecule has 0 saturated carbocycles. The number of carbonyl (C=O) groups is 1. The van der Waals surface area contributed by atoms with Crippen molar-refractivity contribution >= 4 is 17.0 Å². The first-order valence-electron chi connectivity index (χ1n) is 5.87. The van der Waals surface area contributed by atoms with Crippen LogP contribution in [0, 0.1) is 0 Å². The number of aromatic amines is 1. The van der Waals surface area contributed by atoms with Gasteiger partial charge < -0.3 is 14.8 Å². The second-order valence-electron chi connectivity index (χ2n) is 3.85. The first-order chi connectivity index (χ1) is 9.66. The number of fused-ring (bicyclic) bond motifs is 1. The largest absolute Gasteiger partial charge is 0.481 e. The van der Waals surface area contributed by atoms with E-state index in [1.165, 1.54) is 0 Å². The van der Waals surface area contributed by atoms with Gasteiger partial charge in [-0.15, -0.1) is 0 Å². The molecule has 0 bridgehead atoms. The number of aromatic nitrogens is 3. The lowest BCUT2D eigenvalue weighted by molar-refractivity contribution is -0.134. The number of hydrogen-bond donors (Lipinski definition) is 2. The van der Waals surface area contributed by atoms with Gasteiger partial charge in [-0.05, 0) is 18.2 Å². The molecule has 0 radical (unpaired) electrons. The molecular formula is C14H13N3O3. The third kappa shape index (κ3) is 3.55. The van der Waals surface area contributed by atoms with Gasteiger partial charge in [-0.3, -0.25) is 4.79 Å². The molecule has 2 N–H and O–H groups in total. The highest BCUT2D eigenvalue weighted by Crippen LogP contribution is 2.24. The zero-order valence-corrected chi connectivity index (χ0v) is 10.8. The van der Waals surface area contributed by atoms with Gasteiger partial charge in [0.2, 0.25) is 5.88 Å². The van der Waals surface area contributed by atoms with Crippen molar-refractivity contribution in [3.8, 4) is 11.6 Å². The van der Waals surface area contributed by atoms with Crippen LogP contribution in [-0.2, 0) is 4.79 Å². The van der Waals surface area contributed by atoms with E-state index >= 15 is 0 Å². The standard InChI is InChI=1S/C12H9N3O.C2H4O2/c1-2-4-9(5-3-1)16-12-11-10(6-7-13-12)14-8-15-11;1-2(3)4/h1-8H,(H,14,15);1H3,(H,3,4). The summed E-state index contributed by atoms with van der Waals surface area (Å²) in [7, 11) is 0. The molecule has 1 aromatic carbocycles. The molecule has 0 saturated heterocycles. The lowest BCUT2D eigenvalue weighted by Crippen LogP contribution is -1.88. The number of ether oxygens (including phenoxy) is 1. The van der Waals surface area contributed by atoms with E-state index in [1.54, 1.807) is 12.5 Å². The van der Waals surface area contributed by atoms with Gasteiger partial charge in [0, 0.05) is 13.1 Å². The molecule has 0 amide bonds. The molecule has 6 nitrogen and oxygen atoms in total. The van der Waals surface area contributed by atoms with E-state index in [2.05, 4.69) is 15.0 Å². The Morgan fingerprint density at radius 3 is 2.60 bits per heavy atom. The maximum atomic E-state index is 9.00. The van der Waals surface area contributed by atoms with Crippen LogP contribution in [0.2, 0.25) is 0 Å². The van der Waals surface area contributed by atoms with Crippen LogP contribution in [0.5, 0.6) is 11.6 Å². The smallest absolute Gasteiger partial charge is 0.300 e. The van der Waals surface area contributed by atoms with Crippen LogP contribution in [0.1, 0.15) is 6.92 Å². The molecule has 3 rings (SSSR count). The quantitative estimate of drug-likeness (QED) is 0.748. The summed E-state index contributed by atoms with van der Waals surface area (Å²) in [6.07, 6.45) is 3.32. The fraction of sp³-hybridized carbons (Fsp3) is 0.0714. The molecule has 0 aliphatic rings. The molecule has 2 heterocycles. The van der Waals surface area contributed by atoms with E-state index in [9.17, 15) is 0 Å². The van der Waals surface area contributed by atoms with E-state index in [4.69, 9.17) is 14.6 Å². The second kappa shape index (κ2) is 6.33. The number of carboxylic acid groups (broad SMARTS) is 1. The normalized spacial score (nSPS) is 9.65. The SMILES string of the molecule is CC(=O)O.c1ccc(Oc2nccc3[nH]cnc23)cc1. The van der Waals surface area contributed by atoms with Crippen LogP contribution >= 0.6 is 0 Å². The van der Waals surface area contributed by atoms with Crippen molar-refractivity contribution in [1.29, 1.82) is 0 Å². The molecule has 3 aromatic rings. The van der Waals surface area contributed by atoms with Gasteiger partial charge in [0.1, 0.15) is 5.75 Å². The van der Waals surface area contributed by atoms with Gasteiger partial charge in [0.15, 0.2) is 5.52 Å². The number of imidazole rings is 1. The molecule has 20 heavy (non-hydrogen) atoms. The van der Waals surface area contributed by atoms with E-state index in [-0.39, 0.29) is 0 Å². The minimum atomic E-state index is -0.833. The lowest BCUT2D eigenvalue weighted by atomic mass is 10.3. The lowest BCUT2D eigenvalue weighted by Gasteiger charge is -2.03. The highest BCUT2D eigenvalue weighted by Gasteiger charge is 2.06. The number of pyridine rings is 1. The molecule has 0 atom stereocenters. The van der Waals surface area contributed by atoms with E-state index < -0.39 is 5.97 Å². The number of nitrogens with one attached hydrogen (secondary N) is 1. The number of benzene rings is 1. The molecule has 6 heteroatoms. The number of rotatable bonds is 2. The zero-order valence-electron chi connectivity index (χ0n) is 10.8. The number of nitrogens with zero attached hydrogens (tertiary/aromatic N) is 2. The Bertz CT molecular complexity index is 691. The summed E-state index contributed by atoms with van der Waals surface area (Å²) in [4.78, 5) is 20.4. The molecule has 0 aliphatic heterocycles. The number of carboxylic acids is 1. The maximum Gasteiger partial charge on any atom is 0.300 e. The van der Waals surface area contributed by atoms with E-state index in [0.717, 1.165) is 23.7 Å². The Labute approximate surface area is 115 Å². The van der Waals surface area contributed by atoms with Crippen LogP contribution < -0.4 is 4.74 Å². The van der Waals surface area contributed by atoms with Gasteiger partial charge in [-0.2, -0.15) is 0 Å². The molecule has 102 valence electrons. The van der Waals surface area contributed by atoms with Crippen LogP contribution in [0.15, 0.2) is 48.9 Å². The van der Waals surface area contributed by atoms with Gasteiger partial charge in [0.25, 0.3) is 5.97 Å². The van der Waals surface area contributed by atoms with E-state index in [1.807, 2.05) is 36.4 Å². The highest BCUT2D eigenvalue weighted by atomic mass is 16.5. The van der Waals surface area contributed by atoms with Crippen LogP contribution in [0.4, 0.5) is 0 Å². The molecular weight excluding hydrogens is 258 g/mol. The summed E-state index contributed by atoms with van der Waals surface area (Å²) < 4.78 is 5.66. The van der Waals surface area contributed by atoms with E-state index in [0.29, 0.717) is 5.88 Å². The Hall–Kier alpha value is -2.89. The average molecular weight is 271 g/mol. The maximum absolute atomic E-state index is 9.00. The van der Waals surface area contributed by atoms with Crippen LogP contribution in [-0.4, -0.2) is 26.0 Å². The van der Waals surface area contributed by atoms with Gasteiger partial charge in [0.05, 0.1) is 11.8 Å². The first kappa shape index (κ1) is 13.5. The highest BCUT2D eigenvalue weighted by molar-refractivity contribution is 5.79. The fourth-order valence-corrected chi connectivity index (χ4v) is 1.52. The number of H-pyrrole nitrogens is 1. The summed E-state index contributed by atoms with van der Waals surface area (Å²) in [5.74, 6) is 0.440. The number of aliphatic carboxylic acids is 1. The van der Waals surface area contributed by atoms with Crippen molar-refractivity contribution < 1.29 is 14.6 Å². The van der Waals surface area contributed by atoms with Crippen molar-refractivity contribution in [3.05, 3.63) is 48.9 Å². The number of hydrogen-bond acceptors (Lipinski definition) is 4. The minimum Gasteiger partial charge on any atom is -0.481 e. The predicted octanol–water partition coefficient (Wildman–Crippen LogP) is 2.84. The Morgan fingerprint density at radius 2 is 1.90 bits per heavy atom. The summed E-state index contributed by atoms with van der Waals surface area (Å²) in [5.41, 5.74) is 1.66. The van der Waals surface area contributed by atoms with Crippen molar-refractivity contribution in [2.24, 2.45) is 0 Å². The van der Waals surface area contributed by atoms with Crippen molar-refractivity contribution in [2.75, 3.05) is 0 Å². The zero-order chi connectivity index (χ0) is 14.4. The molecule has 2 aromatic heterocycles. The third-order valence-corrected chi connectivity index (χ3v) is 2.26. The Balaban J connectivity index is 0.000000328. The average Bonchev–Trinajstić information content (AvgIpc) is 2.89. The predicted molar refractivity (Wildman–Crippen MR) is 73.7 cm³/mol. The second-order valence-corrected chi connectivity index (χ2v) is 3.85. The minimum absolute atomic E-state index is 0.518. The van der Waals surface area contributed by atoms with Crippen molar-refractivity contribution in [3.63, 3.8) is 0 Å². The summed E-state index contributed by atoms with van der Waals surface area (Å²) in [5, 5.41) is 7.42. The van der Waals surface area contributed by atoms with Gasteiger partial charge >= 0.3 is 0 Å². The summed E-state index contributed by atoms with van der Waals surface area (Å²) in [6.45, 7) is 1.08. The topological polar surface area (TPSA) is 88.1 Å². The monoisotopic (exact) mass is 271 g/mol. The number of para-hydroxylation sites is 1. The fourth-order valence-electron chi connectivity index (χ4n) is 1.52. The van der Waals surface area contributed by atoms with Gasteiger partial charge in [-0.1, -0.05) is 18.2 Å². The Morgan fingerprint density at radius 1 is 1.20 bits per heavy atom. The molecule has 0 spiro atoms. The summed E-state index contributed by atoms with van der Waals surface area (Å²) >= 11 is 0. The third-order valence-electron chi connectivity index (χ3n) is 2.26. The van der Waals surface area contributed by atoms with Gasteiger partial charge in [-0.25, -0.2) is 9.97 Å². The van der Waals surface area contributed by atoms with Crippen molar-refractivity contribution in [1.82, 2.24) is 15.0 Å². The van der Waals surface area contributed by atoms with Crippen molar-refractivity contribution in [2.45, 2.75) is 6.92 Å². The first-order valence-corrected chi connectivity index (χ1v) is 5.87. The molecule has 0 unspecified atom stereocenters.